The molecule has 0 spiro atoms. The van der Waals surface area contributed by atoms with Crippen molar-refractivity contribution in [3.05, 3.63) is 15.6 Å². The molecule has 1 N–H and O–H groups in total. The molecule has 0 atom stereocenters. The standard InChI is InChI=1S/C13H16ClN3S/c1-2-15-13-16-11(14)10-8-6-4-3-5-7-9(8)18-12(10)17-13/h2-7H2,1H3,(H,15,16,17). The Morgan fingerprint density at radius 3 is 2.89 bits per heavy atom. The fourth-order valence-electron chi connectivity index (χ4n) is 2.53. The van der Waals surface area contributed by atoms with Crippen molar-refractivity contribution in [2.24, 2.45) is 0 Å². The zero-order valence-electron chi connectivity index (χ0n) is 10.4. The van der Waals surface area contributed by atoms with Gasteiger partial charge >= 0.3 is 0 Å². The summed E-state index contributed by atoms with van der Waals surface area (Å²) in [4.78, 5) is 11.4. The van der Waals surface area contributed by atoms with E-state index in [1.54, 1.807) is 11.3 Å². The lowest BCUT2D eigenvalue weighted by Gasteiger charge is -2.03. The molecule has 0 radical (unpaired) electrons. The molecule has 0 fully saturated rings. The van der Waals surface area contributed by atoms with E-state index in [2.05, 4.69) is 15.3 Å². The number of rotatable bonds is 2. The van der Waals surface area contributed by atoms with Gasteiger partial charge in [0, 0.05) is 11.4 Å². The second kappa shape index (κ2) is 5.02. The molecule has 3 rings (SSSR count). The highest BCUT2D eigenvalue weighted by molar-refractivity contribution is 7.19. The number of hydrogen-bond donors (Lipinski definition) is 1. The molecule has 0 bridgehead atoms. The first-order chi connectivity index (χ1) is 8.79. The van der Waals surface area contributed by atoms with Crippen LogP contribution in [-0.2, 0) is 12.8 Å². The zero-order chi connectivity index (χ0) is 12.5. The average molecular weight is 282 g/mol. The number of halogens is 1. The third-order valence-corrected chi connectivity index (χ3v) is 4.81. The second-order valence-electron chi connectivity index (χ2n) is 4.61. The van der Waals surface area contributed by atoms with Crippen LogP contribution in [0.3, 0.4) is 0 Å². The van der Waals surface area contributed by atoms with E-state index in [4.69, 9.17) is 11.6 Å². The van der Waals surface area contributed by atoms with Crippen LogP contribution >= 0.6 is 22.9 Å². The maximum atomic E-state index is 6.35. The first kappa shape index (κ1) is 12.2. The molecule has 5 heteroatoms. The average Bonchev–Trinajstić information content (AvgIpc) is 2.53. The second-order valence-corrected chi connectivity index (χ2v) is 6.05. The summed E-state index contributed by atoms with van der Waals surface area (Å²) in [7, 11) is 0. The lowest BCUT2D eigenvalue weighted by Crippen LogP contribution is -2.02. The van der Waals surface area contributed by atoms with E-state index in [9.17, 15) is 0 Å². The summed E-state index contributed by atoms with van der Waals surface area (Å²) >= 11 is 8.14. The highest BCUT2D eigenvalue weighted by Crippen LogP contribution is 2.38. The quantitative estimate of drug-likeness (QED) is 0.667. The van der Waals surface area contributed by atoms with Crippen LogP contribution in [0.15, 0.2) is 0 Å². The number of thiophene rings is 1. The summed E-state index contributed by atoms with van der Waals surface area (Å²) < 4.78 is 0. The summed E-state index contributed by atoms with van der Waals surface area (Å²) in [5.41, 5.74) is 1.40. The Morgan fingerprint density at radius 1 is 1.22 bits per heavy atom. The molecule has 1 aliphatic rings. The fourth-order valence-corrected chi connectivity index (χ4v) is 4.13. The SMILES string of the molecule is CCNc1nc(Cl)c2c3c(sc2n1)CCCCC3. The van der Waals surface area contributed by atoms with Crippen LogP contribution in [0.2, 0.25) is 5.15 Å². The predicted molar refractivity (Wildman–Crippen MR) is 77.8 cm³/mol. The number of anilines is 1. The summed E-state index contributed by atoms with van der Waals surface area (Å²) in [5.74, 6) is 0.645. The minimum atomic E-state index is 0.607. The molecule has 1 aliphatic carbocycles. The fraction of sp³-hybridized carbons (Fsp3) is 0.538. The normalized spacial score (nSPS) is 15.4. The number of aromatic nitrogens is 2. The van der Waals surface area contributed by atoms with E-state index in [-0.39, 0.29) is 0 Å². The first-order valence-electron chi connectivity index (χ1n) is 6.51. The summed E-state index contributed by atoms with van der Waals surface area (Å²) in [6.45, 7) is 2.85. The van der Waals surface area contributed by atoms with Crippen LogP contribution in [0.4, 0.5) is 5.95 Å². The molecule has 3 nitrogen and oxygen atoms in total. The van der Waals surface area contributed by atoms with Crippen LogP contribution in [0.25, 0.3) is 10.2 Å². The van der Waals surface area contributed by atoms with E-state index in [0.717, 1.165) is 23.2 Å². The van der Waals surface area contributed by atoms with Gasteiger partial charge < -0.3 is 5.32 Å². The smallest absolute Gasteiger partial charge is 0.225 e. The number of hydrogen-bond acceptors (Lipinski definition) is 4. The van der Waals surface area contributed by atoms with Gasteiger partial charge in [0.1, 0.15) is 9.98 Å². The van der Waals surface area contributed by atoms with Crippen molar-refractivity contribution in [1.82, 2.24) is 9.97 Å². The Kier molecular flexibility index (Phi) is 3.39. The molecule has 0 aliphatic heterocycles. The topological polar surface area (TPSA) is 37.8 Å². The Balaban J connectivity index is 2.16. The summed E-state index contributed by atoms with van der Waals surface area (Å²) in [6, 6.07) is 0. The van der Waals surface area contributed by atoms with Crippen molar-refractivity contribution in [2.75, 3.05) is 11.9 Å². The van der Waals surface area contributed by atoms with E-state index in [0.29, 0.717) is 11.1 Å². The van der Waals surface area contributed by atoms with Gasteiger partial charge in [-0.05, 0) is 38.2 Å². The third kappa shape index (κ3) is 2.08. The molecule has 2 heterocycles. The highest BCUT2D eigenvalue weighted by Gasteiger charge is 2.19. The highest BCUT2D eigenvalue weighted by atomic mass is 35.5. The molecule has 0 saturated heterocycles. The van der Waals surface area contributed by atoms with Crippen molar-refractivity contribution < 1.29 is 0 Å². The first-order valence-corrected chi connectivity index (χ1v) is 7.70. The Labute approximate surface area is 116 Å². The number of fused-ring (bicyclic) bond motifs is 3. The van der Waals surface area contributed by atoms with Gasteiger partial charge in [-0.2, -0.15) is 0 Å². The van der Waals surface area contributed by atoms with Crippen LogP contribution in [-0.4, -0.2) is 16.5 Å². The molecule has 2 aromatic rings. The minimum Gasteiger partial charge on any atom is -0.354 e. The summed E-state index contributed by atoms with van der Waals surface area (Å²) in [5, 5.41) is 4.84. The lowest BCUT2D eigenvalue weighted by atomic mass is 10.1. The van der Waals surface area contributed by atoms with Crippen molar-refractivity contribution >= 4 is 39.1 Å². The van der Waals surface area contributed by atoms with Gasteiger partial charge in [-0.3, -0.25) is 0 Å². The number of nitrogens with zero attached hydrogens (tertiary/aromatic N) is 2. The van der Waals surface area contributed by atoms with Gasteiger partial charge in [0.05, 0.1) is 5.39 Å². The third-order valence-electron chi connectivity index (χ3n) is 3.36. The van der Waals surface area contributed by atoms with Crippen molar-refractivity contribution in [1.29, 1.82) is 0 Å². The van der Waals surface area contributed by atoms with E-state index >= 15 is 0 Å². The number of aryl methyl sites for hydroxylation is 2. The molecule has 0 unspecified atom stereocenters. The van der Waals surface area contributed by atoms with Gasteiger partial charge in [-0.15, -0.1) is 11.3 Å². The van der Waals surface area contributed by atoms with Gasteiger partial charge in [0.25, 0.3) is 0 Å². The lowest BCUT2D eigenvalue weighted by molar-refractivity contribution is 0.713. The van der Waals surface area contributed by atoms with Crippen molar-refractivity contribution in [3.63, 3.8) is 0 Å². The molecule has 0 aromatic carbocycles. The van der Waals surface area contributed by atoms with Crippen LogP contribution < -0.4 is 5.32 Å². The molecule has 2 aromatic heterocycles. The van der Waals surface area contributed by atoms with E-state index in [1.165, 1.54) is 36.1 Å². The maximum Gasteiger partial charge on any atom is 0.225 e. The minimum absolute atomic E-state index is 0.607. The van der Waals surface area contributed by atoms with Gasteiger partial charge in [-0.25, -0.2) is 9.97 Å². The molecule has 0 amide bonds. The van der Waals surface area contributed by atoms with E-state index < -0.39 is 0 Å². The molecule has 18 heavy (non-hydrogen) atoms. The van der Waals surface area contributed by atoms with Crippen LogP contribution in [0.5, 0.6) is 0 Å². The molecule has 96 valence electrons. The predicted octanol–water partition coefficient (Wildman–Crippen LogP) is 4.05. The molecular weight excluding hydrogens is 266 g/mol. The van der Waals surface area contributed by atoms with Gasteiger partial charge in [0.15, 0.2) is 0 Å². The maximum absolute atomic E-state index is 6.35. The van der Waals surface area contributed by atoms with Crippen molar-refractivity contribution in [3.8, 4) is 0 Å². The van der Waals surface area contributed by atoms with Crippen molar-refractivity contribution in [2.45, 2.75) is 39.0 Å². The monoisotopic (exact) mass is 281 g/mol. The van der Waals surface area contributed by atoms with E-state index in [1.807, 2.05) is 6.92 Å². The largest absolute Gasteiger partial charge is 0.354 e. The van der Waals surface area contributed by atoms with Gasteiger partial charge in [-0.1, -0.05) is 18.0 Å². The zero-order valence-corrected chi connectivity index (χ0v) is 12.0. The van der Waals surface area contributed by atoms with Crippen LogP contribution in [0, 0.1) is 0 Å². The summed E-state index contributed by atoms with van der Waals surface area (Å²) in [6.07, 6.45) is 6.15. The molecular formula is C13H16ClN3S. The van der Waals surface area contributed by atoms with Crippen LogP contribution in [0.1, 0.15) is 36.6 Å². The number of nitrogens with one attached hydrogen (secondary N) is 1. The Morgan fingerprint density at radius 2 is 2.06 bits per heavy atom. The molecule has 0 saturated carbocycles. The Hall–Kier alpha value is -0.870. The van der Waals surface area contributed by atoms with Gasteiger partial charge in [0.2, 0.25) is 5.95 Å². The Bertz CT molecular complexity index is 579.